The first-order valence-corrected chi connectivity index (χ1v) is 4.60. The standard InChI is InChI=1S/C10H11ClFNO/c1-6(13)10(14)4-7-2-3-8(11)5-9(7)12/h2-3,5-6H,4,13H2,1H3. The summed E-state index contributed by atoms with van der Waals surface area (Å²) in [6.07, 6.45) is 0.0146. The van der Waals surface area contributed by atoms with E-state index in [1.54, 1.807) is 13.0 Å². The zero-order chi connectivity index (χ0) is 10.7. The number of hydrogen-bond donors (Lipinski definition) is 1. The fourth-order valence-corrected chi connectivity index (χ4v) is 1.17. The summed E-state index contributed by atoms with van der Waals surface area (Å²) in [5.74, 6) is -0.655. The zero-order valence-electron chi connectivity index (χ0n) is 7.76. The molecule has 1 aromatic rings. The first-order valence-electron chi connectivity index (χ1n) is 4.23. The van der Waals surface area contributed by atoms with Gasteiger partial charge in [0.1, 0.15) is 5.82 Å². The minimum Gasteiger partial charge on any atom is -0.322 e. The quantitative estimate of drug-likeness (QED) is 0.838. The summed E-state index contributed by atoms with van der Waals surface area (Å²) in [6.45, 7) is 1.58. The van der Waals surface area contributed by atoms with Gasteiger partial charge in [-0.05, 0) is 24.6 Å². The number of carbonyl (C=O) groups is 1. The molecule has 1 rings (SSSR count). The third kappa shape index (κ3) is 2.79. The molecule has 0 radical (unpaired) electrons. The molecule has 0 aliphatic carbocycles. The Hall–Kier alpha value is -0.930. The molecule has 0 heterocycles. The summed E-state index contributed by atoms with van der Waals surface area (Å²) in [6, 6.07) is 3.67. The number of carbonyl (C=O) groups excluding carboxylic acids is 1. The maximum atomic E-state index is 13.2. The number of halogens is 2. The molecule has 0 bridgehead atoms. The normalized spacial score (nSPS) is 12.6. The van der Waals surface area contributed by atoms with E-state index in [1.807, 2.05) is 0 Å². The third-order valence-electron chi connectivity index (χ3n) is 1.89. The lowest BCUT2D eigenvalue weighted by Crippen LogP contribution is -2.28. The Bertz CT molecular complexity index is 352. The number of hydrogen-bond acceptors (Lipinski definition) is 2. The Kier molecular flexibility index (Phi) is 3.61. The van der Waals surface area contributed by atoms with E-state index in [4.69, 9.17) is 17.3 Å². The van der Waals surface area contributed by atoms with E-state index >= 15 is 0 Å². The van der Waals surface area contributed by atoms with Gasteiger partial charge in [0, 0.05) is 11.4 Å². The predicted octanol–water partition coefficient (Wildman–Crippen LogP) is 1.94. The summed E-state index contributed by atoms with van der Waals surface area (Å²) in [5, 5.41) is 0.319. The van der Waals surface area contributed by atoms with E-state index in [1.165, 1.54) is 12.1 Å². The van der Waals surface area contributed by atoms with Crippen molar-refractivity contribution in [2.45, 2.75) is 19.4 Å². The molecule has 1 atom stereocenters. The highest BCUT2D eigenvalue weighted by molar-refractivity contribution is 6.30. The molecule has 14 heavy (non-hydrogen) atoms. The van der Waals surface area contributed by atoms with Gasteiger partial charge < -0.3 is 5.73 Å². The first kappa shape index (κ1) is 11.1. The molecule has 1 aromatic carbocycles. The van der Waals surface area contributed by atoms with Gasteiger partial charge in [0.25, 0.3) is 0 Å². The molecule has 76 valence electrons. The van der Waals surface area contributed by atoms with E-state index in [9.17, 15) is 9.18 Å². The maximum Gasteiger partial charge on any atom is 0.153 e. The van der Waals surface area contributed by atoms with Gasteiger partial charge in [-0.2, -0.15) is 0 Å². The van der Waals surface area contributed by atoms with Crippen LogP contribution in [0.2, 0.25) is 5.02 Å². The van der Waals surface area contributed by atoms with Crippen LogP contribution in [0.25, 0.3) is 0 Å². The van der Waals surface area contributed by atoms with Crippen molar-refractivity contribution in [3.63, 3.8) is 0 Å². The highest BCUT2D eigenvalue weighted by Crippen LogP contribution is 2.15. The van der Waals surface area contributed by atoms with Crippen molar-refractivity contribution < 1.29 is 9.18 Å². The molecule has 0 saturated carbocycles. The molecule has 0 saturated heterocycles. The summed E-state index contributed by atoms with van der Waals surface area (Å²) in [7, 11) is 0. The largest absolute Gasteiger partial charge is 0.322 e. The molecule has 2 nitrogen and oxygen atoms in total. The molecule has 2 N–H and O–H groups in total. The highest BCUT2D eigenvalue weighted by Gasteiger charge is 2.11. The number of nitrogens with two attached hydrogens (primary N) is 1. The summed E-state index contributed by atoms with van der Waals surface area (Å²) in [4.78, 5) is 11.2. The Morgan fingerprint density at radius 3 is 2.79 bits per heavy atom. The topological polar surface area (TPSA) is 43.1 Å². The second kappa shape index (κ2) is 4.53. The second-order valence-electron chi connectivity index (χ2n) is 3.17. The van der Waals surface area contributed by atoms with Crippen LogP contribution in [0.15, 0.2) is 18.2 Å². The van der Waals surface area contributed by atoms with Gasteiger partial charge in [-0.15, -0.1) is 0 Å². The number of Topliss-reactive ketones (excluding diaryl/α,β-unsaturated/α-hetero) is 1. The molecular weight excluding hydrogens is 205 g/mol. The predicted molar refractivity (Wildman–Crippen MR) is 53.8 cm³/mol. The van der Waals surface area contributed by atoms with Crippen molar-refractivity contribution in [1.29, 1.82) is 0 Å². The van der Waals surface area contributed by atoms with Crippen LogP contribution in [-0.4, -0.2) is 11.8 Å². The van der Waals surface area contributed by atoms with Crippen molar-refractivity contribution in [1.82, 2.24) is 0 Å². The van der Waals surface area contributed by atoms with Crippen LogP contribution < -0.4 is 5.73 Å². The van der Waals surface area contributed by atoms with Gasteiger partial charge in [0.05, 0.1) is 6.04 Å². The lowest BCUT2D eigenvalue weighted by atomic mass is 10.1. The van der Waals surface area contributed by atoms with Crippen LogP contribution in [-0.2, 0) is 11.2 Å². The maximum absolute atomic E-state index is 13.2. The Balaban J connectivity index is 2.82. The van der Waals surface area contributed by atoms with Crippen molar-refractivity contribution in [2.75, 3.05) is 0 Å². The van der Waals surface area contributed by atoms with Crippen molar-refractivity contribution >= 4 is 17.4 Å². The Morgan fingerprint density at radius 1 is 1.64 bits per heavy atom. The zero-order valence-corrected chi connectivity index (χ0v) is 8.51. The number of rotatable bonds is 3. The monoisotopic (exact) mass is 215 g/mol. The molecule has 0 fully saturated rings. The van der Waals surface area contributed by atoms with E-state index in [0.29, 0.717) is 10.6 Å². The molecule has 0 aromatic heterocycles. The number of ketones is 1. The van der Waals surface area contributed by atoms with Gasteiger partial charge in [0.2, 0.25) is 0 Å². The van der Waals surface area contributed by atoms with Crippen LogP contribution in [0.5, 0.6) is 0 Å². The third-order valence-corrected chi connectivity index (χ3v) is 2.12. The molecular formula is C10H11ClFNO. The molecule has 0 spiro atoms. The van der Waals surface area contributed by atoms with Gasteiger partial charge >= 0.3 is 0 Å². The van der Waals surface area contributed by atoms with Gasteiger partial charge in [-0.3, -0.25) is 4.79 Å². The van der Waals surface area contributed by atoms with E-state index < -0.39 is 11.9 Å². The molecule has 1 unspecified atom stereocenters. The van der Waals surface area contributed by atoms with Crippen LogP contribution in [0.3, 0.4) is 0 Å². The minimum absolute atomic E-state index is 0.0146. The van der Waals surface area contributed by atoms with Crippen LogP contribution in [0.1, 0.15) is 12.5 Å². The second-order valence-corrected chi connectivity index (χ2v) is 3.60. The summed E-state index contributed by atoms with van der Waals surface area (Å²) in [5.41, 5.74) is 5.70. The fraction of sp³-hybridized carbons (Fsp3) is 0.300. The van der Waals surface area contributed by atoms with Gasteiger partial charge in [-0.1, -0.05) is 17.7 Å². The van der Waals surface area contributed by atoms with E-state index in [2.05, 4.69) is 0 Å². The lowest BCUT2D eigenvalue weighted by molar-refractivity contribution is -0.119. The van der Waals surface area contributed by atoms with E-state index in [-0.39, 0.29) is 12.2 Å². The SMILES string of the molecule is CC(N)C(=O)Cc1ccc(Cl)cc1F. The Morgan fingerprint density at radius 2 is 2.29 bits per heavy atom. The minimum atomic E-state index is -0.565. The first-order chi connectivity index (χ1) is 6.50. The van der Waals surface area contributed by atoms with Crippen LogP contribution in [0, 0.1) is 5.82 Å². The smallest absolute Gasteiger partial charge is 0.153 e. The lowest BCUT2D eigenvalue weighted by Gasteiger charge is -2.05. The molecule has 0 aliphatic rings. The molecule has 4 heteroatoms. The van der Waals surface area contributed by atoms with Crippen molar-refractivity contribution in [3.8, 4) is 0 Å². The molecule has 0 aliphatic heterocycles. The van der Waals surface area contributed by atoms with Gasteiger partial charge in [0.15, 0.2) is 5.78 Å². The van der Waals surface area contributed by atoms with Gasteiger partial charge in [-0.25, -0.2) is 4.39 Å². The highest BCUT2D eigenvalue weighted by atomic mass is 35.5. The Labute approximate surface area is 86.9 Å². The fourth-order valence-electron chi connectivity index (χ4n) is 1.01. The van der Waals surface area contributed by atoms with Crippen LogP contribution >= 0.6 is 11.6 Å². The van der Waals surface area contributed by atoms with Crippen LogP contribution in [0.4, 0.5) is 4.39 Å². The van der Waals surface area contributed by atoms with E-state index in [0.717, 1.165) is 0 Å². The summed E-state index contributed by atoms with van der Waals surface area (Å²) >= 11 is 5.57. The van der Waals surface area contributed by atoms with Crippen molar-refractivity contribution in [2.24, 2.45) is 5.73 Å². The van der Waals surface area contributed by atoms with Crippen molar-refractivity contribution in [3.05, 3.63) is 34.6 Å². The average Bonchev–Trinajstić information content (AvgIpc) is 2.09. The average molecular weight is 216 g/mol. The molecule has 0 amide bonds. The summed E-state index contributed by atoms with van der Waals surface area (Å²) < 4.78 is 13.2. The number of benzene rings is 1.